The molecule has 3 N–H and O–H groups in total. The first-order chi connectivity index (χ1) is 6.69. The fourth-order valence-electron chi connectivity index (χ4n) is 2.05. The standard InChI is InChI=1S/C10H21ClN2O/c1-2-9(12)10(7-14)13-5-3-4-8(11)6-13/h8-10,14H,2-7,12H2,1H3/t8?,9-,10?/m1/s1. The maximum atomic E-state index is 9.30. The molecule has 0 bridgehead atoms. The van der Waals surface area contributed by atoms with Crippen molar-refractivity contribution in [2.24, 2.45) is 5.73 Å². The molecule has 1 aliphatic heterocycles. The Hall–Kier alpha value is 0.170. The molecule has 0 aliphatic carbocycles. The number of nitrogens with two attached hydrogens (primary N) is 1. The van der Waals surface area contributed by atoms with Crippen LogP contribution < -0.4 is 5.73 Å². The molecule has 3 atom stereocenters. The van der Waals surface area contributed by atoms with Gasteiger partial charge in [0, 0.05) is 24.0 Å². The van der Waals surface area contributed by atoms with Crippen molar-refractivity contribution in [1.82, 2.24) is 4.90 Å². The number of alkyl halides is 1. The predicted octanol–water partition coefficient (Wildman–Crippen LogP) is 0.788. The normalized spacial score (nSPS) is 28.7. The molecule has 4 heteroatoms. The van der Waals surface area contributed by atoms with E-state index >= 15 is 0 Å². The van der Waals surface area contributed by atoms with Gasteiger partial charge < -0.3 is 10.8 Å². The minimum Gasteiger partial charge on any atom is -0.395 e. The average Bonchev–Trinajstić information content (AvgIpc) is 2.19. The molecule has 0 aromatic heterocycles. The summed E-state index contributed by atoms with van der Waals surface area (Å²) < 4.78 is 0. The molecule has 1 aliphatic rings. The van der Waals surface area contributed by atoms with E-state index in [1.807, 2.05) is 0 Å². The maximum Gasteiger partial charge on any atom is 0.0601 e. The number of piperidine rings is 1. The molecule has 0 radical (unpaired) electrons. The Morgan fingerprint density at radius 2 is 2.36 bits per heavy atom. The lowest BCUT2D eigenvalue weighted by molar-refractivity contribution is 0.0874. The fourth-order valence-corrected chi connectivity index (χ4v) is 2.38. The largest absolute Gasteiger partial charge is 0.395 e. The van der Waals surface area contributed by atoms with Gasteiger partial charge in [0.15, 0.2) is 0 Å². The minimum atomic E-state index is 0.0574. The fraction of sp³-hybridized carbons (Fsp3) is 1.00. The van der Waals surface area contributed by atoms with Gasteiger partial charge in [0.05, 0.1) is 6.61 Å². The van der Waals surface area contributed by atoms with E-state index in [2.05, 4.69) is 11.8 Å². The molecule has 1 heterocycles. The Bertz CT molecular complexity index is 168. The number of hydrogen-bond acceptors (Lipinski definition) is 3. The first-order valence-corrected chi connectivity index (χ1v) is 5.87. The summed E-state index contributed by atoms with van der Waals surface area (Å²) in [4.78, 5) is 2.23. The van der Waals surface area contributed by atoms with Crippen LogP contribution >= 0.6 is 11.6 Å². The lowest BCUT2D eigenvalue weighted by Gasteiger charge is -2.38. The molecule has 0 aromatic carbocycles. The maximum absolute atomic E-state index is 9.30. The highest BCUT2D eigenvalue weighted by molar-refractivity contribution is 6.20. The molecule has 84 valence electrons. The van der Waals surface area contributed by atoms with E-state index in [1.165, 1.54) is 0 Å². The predicted molar refractivity (Wildman–Crippen MR) is 59.6 cm³/mol. The zero-order valence-corrected chi connectivity index (χ0v) is 9.58. The smallest absolute Gasteiger partial charge is 0.0601 e. The summed E-state index contributed by atoms with van der Waals surface area (Å²) >= 11 is 6.10. The Balaban J connectivity index is 2.50. The third-order valence-electron chi connectivity index (χ3n) is 3.02. The summed E-state index contributed by atoms with van der Waals surface area (Å²) in [6.45, 7) is 4.07. The van der Waals surface area contributed by atoms with Crippen LogP contribution in [0.1, 0.15) is 26.2 Å². The molecule has 0 saturated carbocycles. The zero-order valence-electron chi connectivity index (χ0n) is 8.82. The van der Waals surface area contributed by atoms with Crippen LogP contribution in [0, 0.1) is 0 Å². The van der Waals surface area contributed by atoms with E-state index in [0.717, 1.165) is 32.4 Å². The van der Waals surface area contributed by atoms with Crippen LogP contribution in [0.5, 0.6) is 0 Å². The lowest BCUT2D eigenvalue weighted by atomic mass is 10.0. The molecule has 1 fully saturated rings. The second-order valence-electron chi connectivity index (χ2n) is 4.06. The summed E-state index contributed by atoms with van der Waals surface area (Å²) in [6, 6.07) is 0.142. The summed E-state index contributed by atoms with van der Waals surface area (Å²) in [7, 11) is 0. The van der Waals surface area contributed by atoms with Crippen molar-refractivity contribution in [2.45, 2.75) is 43.6 Å². The first kappa shape index (κ1) is 12.2. The van der Waals surface area contributed by atoms with E-state index in [1.54, 1.807) is 0 Å². The third-order valence-corrected chi connectivity index (χ3v) is 3.37. The van der Waals surface area contributed by atoms with Crippen molar-refractivity contribution < 1.29 is 5.11 Å². The van der Waals surface area contributed by atoms with Crippen molar-refractivity contribution in [3.05, 3.63) is 0 Å². The number of nitrogens with zero attached hydrogens (tertiary/aromatic N) is 1. The average molecular weight is 221 g/mol. The molecular weight excluding hydrogens is 200 g/mol. The monoisotopic (exact) mass is 220 g/mol. The topological polar surface area (TPSA) is 49.5 Å². The molecule has 1 rings (SSSR count). The molecule has 2 unspecified atom stereocenters. The van der Waals surface area contributed by atoms with Crippen LogP contribution in [0.15, 0.2) is 0 Å². The van der Waals surface area contributed by atoms with Crippen molar-refractivity contribution in [1.29, 1.82) is 0 Å². The number of rotatable bonds is 4. The minimum absolute atomic E-state index is 0.0574. The van der Waals surface area contributed by atoms with Crippen molar-refractivity contribution in [2.75, 3.05) is 19.7 Å². The molecule has 0 amide bonds. The summed E-state index contributed by atoms with van der Waals surface area (Å²) in [5, 5.41) is 9.53. The highest BCUT2D eigenvalue weighted by Crippen LogP contribution is 2.18. The number of hydrogen-bond donors (Lipinski definition) is 2. The highest BCUT2D eigenvalue weighted by Gasteiger charge is 2.27. The van der Waals surface area contributed by atoms with E-state index in [-0.39, 0.29) is 24.1 Å². The Morgan fingerprint density at radius 3 is 2.86 bits per heavy atom. The van der Waals surface area contributed by atoms with Gasteiger partial charge in [-0.05, 0) is 25.8 Å². The second-order valence-corrected chi connectivity index (χ2v) is 4.67. The third kappa shape index (κ3) is 3.09. The molecular formula is C10H21ClN2O. The van der Waals surface area contributed by atoms with Crippen molar-refractivity contribution in [3.8, 4) is 0 Å². The van der Waals surface area contributed by atoms with Crippen LogP contribution in [0.4, 0.5) is 0 Å². The number of aliphatic hydroxyl groups excluding tert-OH is 1. The van der Waals surface area contributed by atoms with Crippen molar-refractivity contribution >= 4 is 11.6 Å². The summed E-state index contributed by atoms with van der Waals surface area (Å²) in [5.41, 5.74) is 5.96. The summed E-state index contributed by atoms with van der Waals surface area (Å²) in [5.74, 6) is 0. The number of halogens is 1. The SMILES string of the molecule is CC[C@@H](N)C(CO)N1CCCC(Cl)C1. The van der Waals surface area contributed by atoms with Gasteiger partial charge in [-0.3, -0.25) is 4.90 Å². The first-order valence-electron chi connectivity index (χ1n) is 5.43. The van der Waals surface area contributed by atoms with E-state index in [9.17, 15) is 5.11 Å². The van der Waals surface area contributed by atoms with Crippen LogP contribution in [0.25, 0.3) is 0 Å². The Kier molecular flexibility index (Phi) is 5.17. The quantitative estimate of drug-likeness (QED) is 0.689. The second kappa shape index (κ2) is 5.91. The molecule has 1 saturated heterocycles. The van der Waals surface area contributed by atoms with Gasteiger partial charge in [0.1, 0.15) is 0 Å². The van der Waals surface area contributed by atoms with Crippen LogP contribution in [0.3, 0.4) is 0 Å². The van der Waals surface area contributed by atoms with E-state index in [4.69, 9.17) is 17.3 Å². The molecule has 0 spiro atoms. The molecule has 14 heavy (non-hydrogen) atoms. The van der Waals surface area contributed by atoms with Crippen LogP contribution in [0.2, 0.25) is 0 Å². The van der Waals surface area contributed by atoms with Crippen LogP contribution in [-0.2, 0) is 0 Å². The van der Waals surface area contributed by atoms with Gasteiger partial charge in [-0.15, -0.1) is 11.6 Å². The lowest BCUT2D eigenvalue weighted by Crippen LogP contribution is -2.53. The van der Waals surface area contributed by atoms with Gasteiger partial charge >= 0.3 is 0 Å². The summed E-state index contributed by atoms with van der Waals surface area (Å²) in [6.07, 6.45) is 3.09. The molecule has 0 aromatic rings. The van der Waals surface area contributed by atoms with Gasteiger partial charge in [0.2, 0.25) is 0 Å². The Labute approximate surface area is 91.2 Å². The van der Waals surface area contributed by atoms with Gasteiger partial charge in [-0.1, -0.05) is 6.92 Å². The number of likely N-dealkylation sites (tertiary alicyclic amines) is 1. The van der Waals surface area contributed by atoms with Gasteiger partial charge in [-0.2, -0.15) is 0 Å². The van der Waals surface area contributed by atoms with Crippen LogP contribution in [-0.4, -0.2) is 47.2 Å². The number of aliphatic hydroxyl groups is 1. The molecule has 3 nitrogen and oxygen atoms in total. The van der Waals surface area contributed by atoms with Gasteiger partial charge in [0.25, 0.3) is 0 Å². The Morgan fingerprint density at radius 1 is 1.64 bits per heavy atom. The zero-order chi connectivity index (χ0) is 10.6. The van der Waals surface area contributed by atoms with Gasteiger partial charge in [-0.25, -0.2) is 0 Å². The van der Waals surface area contributed by atoms with E-state index < -0.39 is 0 Å². The van der Waals surface area contributed by atoms with Crippen molar-refractivity contribution in [3.63, 3.8) is 0 Å². The highest BCUT2D eigenvalue weighted by atomic mass is 35.5. The van der Waals surface area contributed by atoms with E-state index in [0.29, 0.717) is 0 Å².